The fourth-order valence-corrected chi connectivity index (χ4v) is 4.24. The normalized spacial score (nSPS) is 17.6. The molecule has 9 heteroatoms. The van der Waals surface area contributed by atoms with Crippen molar-refractivity contribution >= 4 is 23.0 Å². The number of aliphatic hydroxyl groups is 1. The maximum atomic E-state index is 13.3. The van der Waals surface area contributed by atoms with Gasteiger partial charge in [-0.1, -0.05) is 37.3 Å². The second-order valence-corrected chi connectivity index (χ2v) is 8.97. The highest BCUT2D eigenvalue weighted by molar-refractivity contribution is 5.92. The van der Waals surface area contributed by atoms with Crippen LogP contribution in [0, 0.1) is 0 Å². The van der Waals surface area contributed by atoms with Crippen molar-refractivity contribution in [1.82, 2.24) is 14.5 Å². The maximum Gasteiger partial charge on any atom is 0.433 e. The molecule has 1 aliphatic rings. The lowest BCUT2D eigenvalue weighted by Crippen LogP contribution is -2.39. The molecule has 2 heterocycles. The lowest BCUT2D eigenvalue weighted by molar-refractivity contribution is -0.141. The molecule has 0 unspecified atom stereocenters. The van der Waals surface area contributed by atoms with Crippen molar-refractivity contribution in [2.45, 2.75) is 56.7 Å². The van der Waals surface area contributed by atoms with E-state index < -0.39 is 22.8 Å². The molecule has 1 atom stereocenters. The van der Waals surface area contributed by atoms with E-state index in [9.17, 15) is 23.1 Å². The van der Waals surface area contributed by atoms with E-state index >= 15 is 0 Å². The molecule has 0 spiro atoms. The van der Waals surface area contributed by atoms with Gasteiger partial charge in [-0.3, -0.25) is 14.7 Å². The summed E-state index contributed by atoms with van der Waals surface area (Å²) in [5.41, 5.74) is -1.09. The molecule has 2 N–H and O–H groups in total. The van der Waals surface area contributed by atoms with Crippen molar-refractivity contribution in [2.24, 2.45) is 0 Å². The third-order valence-electron chi connectivity index (χ3n) is 6.39. The second-order valence-electron chi connectivity index (χ2n) is 8.97. The summed E-state index contributed by atoms with van der Waals surface area (Å²) < 4.78 is 41.4. The largest absolute Gasteiger partial charge is 0.433 e. The average Bonchev–Trinajstić information content (AvgIpc) is 3.09. The monoisotopic (exact) mass is 446 g/mol. The Morgan fingerprint density at radius 3 is 2.41 bits per heavy atom. The molecule has 3 aromatic rings. The Hall–Kier alpha value is -2.94. The number of carbonyl (C=O) groups excluding carboxylic acids is 1. The summed E-state index contributed by atoms with van der Waals surface area (Å²) in [5.74, 6) is -0.215. The number of imidazole rings is 1. The first kappa shape index (κ1) is 22.3. The van der Waals surface area contributed by atoms with Crippen LogP contribution in [0.4, 0.5) is 19.1 Å². The summed E-state index contributed by atoms with van der Waals surface area (Å²) in [7, 11) is 0. The number of aliphatic hydroxyl groups excluding tert-OH is 1. The zero-order chi connectivity index (χ0) is 23.1. The predicted molar refractivity (Wildman–Crippen MR) is 114 cm³/mol. The summed E-state index contributed by atoms with van der Waals surface area (Å²) >= 11 is 0. The van der Waals surface area contributed by atoms with Gasteiger partial charge in [0.05, 0.1) is 6.61 Å². The molecule has 1 amide bonds. The number of carbonyl (C=O) groups is 1. The first-order valence-electron chi connectivity index (χ1n) is 10.5. The Kier molecular flexibility index (Phi) is 5.48. The number of anilines is 1. The number of nitrogens with zero attached hydrogens (tertiary/aromatic N) is 3. The Balaban J connectivity index is 1.69. The Morgan fingerprint density at radius 2 is 1.84 bits per heavy atom. The minimum absolute atomic E-state index is 0.0192. The molecule has 0 radical (unpaired) electrons. The summed E-state index contributed by atoms with van der Waals surface area (Å²) in [4.78, 5) is 21.2. The third kappa shape index (κ3) is 3.97. The molecule has 0 bridgehead atoms. The number of benzene rings is 1. The van der Waals surface area contributed by atoms with Crippen molar-refractivity contribution in [2.75, 3.05) is 11.9 Å². The van der Waals surface area contributed by atoms with Gasteiger partial charge in [-0.25, -0.2) is 9.97 Å². The molecule has 2 aromatic heterocycles. The molecule has 1 aromatic carbocycles. The van der Waals surface area contributed by atoms with E-state index in [1.54, 1.807) is 11.5 Å². The number of nitrogens with one attached hydrogen (secondary N) is 1. The number of hydrogen-bond acceptors (Lipinski definition) is 4. The van der Waals surface area contributed by atoms with Crippen LogP contribution < -0.4 is 5.32 Å². The van der Waals surface area contributed by atoms with Gasteiger partial charge in [-0.15, -0.1) is 0 Å². The first-order valence-corrected chi connectivity index (χ1v) is 10.5. The van der Waals surface area contributed by atoms with Gasteiger partial charge in [0, 0.05) is 17.4 Å². The van der Waals surface area contributed by atoms with Gasteiger partial charge in [0.2, 0.25) is 11.9 Å². The van der Waals surface area contributed by atoms with Crippen LogP contribution in [0.15, 0.2) is 42.5 Å². The van der Waals surface area contributed by atoms with E-state index in [0.717, 1.165) is 30.9 Å². The van der Waals surface area contributed by atoms with E-state index in [4.69, 9.17) is 0 Å². The van der Waals surface area contributed by atoms with E-state index in [1.165, 1.54) is 6.07 Å². The molecular formula is C23H25F3N4O2. The van der Waals surface area contributed by atoms with Crippen LogP contribution in [0.5, 0.6) is 0 Å². The van der Waals surface area contributed by atoms with Gasteiger partial charge in [-0.2, -0.15) is 13.2 Å². The second kappa shape index (κ2) is 7.88. The fraction of sp³-hybridized carbons (Fsp3) is 0.435. The fourth-order valence-electron chi connectivity index (χ4n) is 4.24. The standard InChI is InChI=1S/C23H25F3N4O2/c1-21(14-31,15-7-4-3-5-8-15)13-18(32)29-20-27-16-9-10-17(23(24,25)26)28-19(16)30(20)22(2)11-6-12-22/h3-5,7-10,31H,6,11-14H2,1-2H3,(H,27,29,32)/t21-/m0/s1. The molecule has 6 nitrogen and oxygen atoms in total. The summed E-state index contributed by atoms with van der Waals surface area (Å²) in [6, 6.07) is 11.4. The third-order valence-corrected chi connectivity index (χ3v) is 6.39. The highest BCUT2D eigenvalue weighted by atomic mass is 19.4. The molecule has 1 saturated carbocycles. The van der Waals surface area contributed by atoms with Crippen molar-refractivity contribution in [3.8, 4) is 0 Å². The van der Waals surface area contributed by atoms with Gasteiger partial charge < -0.3 is 5.11 Å². The summed E-state index contributed by atoms with van der Waals surface area (Å²) in [5, 5.41) is 12.8. The molecule has 0 saturated heterocycles. The number of aromatic nitrogens is 3. The number of amides is 1. The van der Waals surface area contributed by atoms with Crippen molar-refractivity contribution < 1.29 is 23.1 Å². The topological polar surface area (TPSA) is 80.0 Å². The van der Waals surface area contributed by atoms with Crippen LogP contribution in [0.2, 0.25) is 0 Å². The zero-order valence-corrected chi connectivity index (χ0v) is 17.9. The van der Waals surface area contributed by atoms with Gasteiger partial charge in [0.1, 0.15) is 11.2 Å². The molecule has 0 aliphatic heterocycles. The lowest BCUT2D eigenvalue weighted by atomic mass is 9.78. The Labute approximate surface area is 183 Å². The quantitative estimate of drug-likeness (QED) is 0.579. The highest BCUT2D eigenvalue weighted by Gasteiger charge is 2.40. The minimum atomic E-state index is -4.58. The van der Waals surface area contributed by atoms with Gasteiger partial charge >= 0.3 is 6.18 Å². The van der Waals surface area contributed by atoms with Crippen LogP contribution in [-0.2, 0) is 21.9 Å². The SMILES string of the molecule is CC1(n2c(NC(=O)C[C@@](C)(CO)c3ccccc3)nc3ccc(C(F)(F)F)nc32)CCC1. The zero-order valence-electron chi connectivity index (χ0n) is 17.9. The smallest absolute Gasteiger partial charge is 0.395 e. The predicted octanol–water partition coefficient (Wildman–Crippen LogP) is 4.63. The first-order chi connectivity index (χ1) is 15.1. The number of halogens is 3. The Bertz CT molecular complexity index is 1140. The van der Waals surface area contributed by atoms with Gasteiger partial charge in [-0.05, 0) is 43.9 Å². The molecule has 1 aliphatic carbocycles. The summed E-state index contributed by atoms with van der Waals surface area (Å²) in [6.45, 7) is 3.47. The number of fused-ring (bicyclic) bond motifs is 1. The molecule has 32 heavy (non-hydrogen) atoms. The van der Waals surface area contributed by atoms with Crippen molar-refractivity contribution in [3.63, 3.8) is 0 Å². The van der Waals surface area contributed by atoms with Crippen molar-refractivity contribution in [1.29, 1.82) is 0 Å². The van der Waals surface area contributed by atoms with E-state index in [-0.39, 0.29) is 36.0 Å². The van der Waals surface area contributed by atoms with Gasteiger partial charge in [0.15, 0.2) is 5.65 Å². The highest BCUT2D eigenvalue weighted by Crippen LogP contribution is 2.43. The summed E-state index contributed by atoms with van der Waals surface area (Å²) in [6.07, 6.45) is -2.17. The van der Waals surface area contributed by atoms with E-state index in [2.05, 4.69) is 15.3 Å². The molecular weight excluding hydrogens is 421 g/mol. The number of alkyl halides is 3. The van der Waals surface area contributed by atoms with Crippen LogP contribution in [0.25, 0.3) is 11.2 Å². The molecule has 170 valence electrons. The van der Waals surface area contributed by atoms with Crippen molar-refractivity contribution in [3.05, 3.63) is 53.7 Å². The average molecular weight is 446 g/mol. The number of rotatable bonds is 6. The number of pyridine rings is 1. The minimum Gasteiger partial charge on any atom is -0.395 e. The number of hydrogen-bond donors (Lipinski definition) is 2. The maximum absolute atomic E-state index is 13.3. The van der Waals surface area contributed by atoms with Crippen LogP contribution in [-0.4, -0.2) is 32.2 Å². The Morgan fingerprint density at radius 1 is 1.16 bits per heavy atom. The van der Waals surface area contributed by atoms with Crippen LogP contribution in [0.1, 0.15) is 50.8 Å². The lowest BCUT2D eigenvalue weighted by Gasteiger charge is -2.40. The van der Waals surface area contributed by atoms with Crippen LogP contribution in [0.3, 0.4) is 0 Å². The van der Waals surface area contributed by atoms with Crippen LogP contribution >= 0.6 is 0 Å². The molecule has 1 fully saturated rings. The van der Waals surface area contributed by atoms with E-state index in [1.807, 2.05) is 37.3 Å². The van der Waals surface area contributed by atoms with E-state index in [0.29, 0.717) is 0 Å². The molecule has 4 rings (SSSR count). The van der Waals surface area contributed by atoms with Gasteiger partial charge in [0.25, 0.3) is 0 Å².